The molecule has 2 nitrogen and oxygen atoms in total. The molecule has 1 unspecified atom stereocenters. The summed E-state index contributed by atoms with van der Waals surface area (Å²) in [5, 5.41) is 8.90. The predicted molar refractivity (Wildman–Crippen MR) is 79.6 cm³/mol. The van der Waals surface area contributed by atoms with Gasteiger partial charge in [-0.2, -0.15) is 11.8 Å². The third-order valence-electron chi connectivity index (χ3n) is 2.89. The Bertz CT molecular complexity index is 352. The Morgan fingerprint density at radius 2 is 2.06 bits per heavy atom. The molecule has 0 aliphatic rings. The molecule has 0 heterocycles. The average Bonchev–Trinajstić information content (AvgIpc) is 2.37. The fourth-order valence-electron chi connectivity index (χ4n) is 1.49. The molecular weight excluding hydrogens is 244 g/mol. The number of aliphatic hydroxyl groups excluding tert-OH is 1. The lowest BCUT2D eigenvalue weighted by Crippen LogP contribution is -2.05. The van der Waals surface area contributed by atoms with Crippen molar-refractivity contribution < 1.29 is 9.84 Å². The lowest BCUT2D eigenvalue weighted by Gasteiger charge is -2.09. The van der Waals surface area contributed by atoms with Gasteiger partial charge in [0.05, 0.1) is 6.61 Å². The highest BCUT2D eigenvalue weighted by molar-refractivity contribution is 7.99. The van der Waals surface area contributed by atoms with E-state index in [9.17, 15) is 0 Å². The Morgan fingerprint density at radius 3 is 2.72 bits per heavy atom. The van der Waals surface area contributed by atoms with Crippen LogP contribution in [0.2, 0.25) is 0 Å². The first-order valence-electron chi connectivity index (χ1n) is 6.52. The summed E-state index contributed by atoms with van der Waals surface area (Å²) in [6.45, 7) is 7.33. The zero-order valence-corrected chi connectivity index (χ0v) is 12.4. The third kappa shape index (κ3) is 5.78. The summed E-state index contributed by atoms with van der Waals surface area (Å²) in [5.41, 5.74) is 2.58. The van der Waals surface area contributed by atoms with Gasteiger partial charge in [-0.05, 0) is 61.0 Å². The van der Waals surface area contributed by atoms with E-state index in [0.717, 1.165) is 30.3 Å². The Morgan fingerprint density at radius 1 is 1.28 bits per heavy atom. The summed E-state index contributed by atoms with van der Waals surface area (Å²) in [4.78, 5) is 0. The van der Waals surface area contributed by atoms with Crippen LogP contribution in [0.4, 0.5) is 0 Å². The van der Waals surface area contributed by atoms with Gasteiger partial charge in [0.2, 0.25) is 0 Å². The summed E-state index contributed by atoms with van der Waals surface area (Å²) in [7, 11) is 0. The number of aliphatic hydroxyl groups is 1. The highest BCUT2D eigenvalue weighted by atomic mass is 32.2. The van der Waals surface area contributed by atoms with Gasteiger partial charge in [-0.1, -0.05) is 13.0 Å². The predicted octanol–water partition coefficient (Wildman–Crippen LogP) is 3.43. The lowest BCUT2D eigenvalue weighted by molar-refractivity contribution is 0.250. The number of hydrogen-bond donors (Lipinski definition) is 1. The number of aryl methyl sites for hydroxylation is 2. The van der Waals surface area contributed by atoms with Crippen molar-refractivity contribution in [1.82, 2.24) is 0 Å². The second-order valence-electron chi connectivity index (χ2n) is 4.81. The summed E-state index contributed by atoms with van der Waals surface area (Å²) in [6, 6.07) is 6.22. The van der Waals surface area contributed by atoms with E-state index in [1.807, 2.05) is 17.8 Å². The van der Waals surface area contributed by atoms with E-state index in [4.69, 9.17) is 9.84 Å². The number of thioether (sulfide) groups is 1. The van der Waals surface area contributed by atoms with E-state index >= 15 is 0 Å². The highest BCUT2D eigenvalue weighted by Gasteiger charge is 2.00. The van der Waals surface area contributed by atoms with E-state index in [0.29, 0.717) is 5.92 Å². The van der Waals surface area contributed by atoms with Crippen LogP contribution >= 0.6 is 11.8 Å². The second kappa shape index (κ2) is 8.44. The molecular formula is C15H24O2S. The minimum atomic E-state index is 0.284. The molecule has 0 aliphatic heterocycles. The van der Waals surface area contributed by atoms with Gasteiger partial charge < -0.3 is 9.84 Å². The topological polar surface area (TPSA) is 29.5 Å². The summed E-state index contributed by atoms with van der Waals surface area (Å²) < 4.78 is 5.71. The Kier molecular flexibility index (Phi) is 7.21. The minimum Gasteiger partial charge on any atom is -0.494 e. The third-order valence-corrected chi connectivity index (χ3v) is 4.28. The van der Waals surface area contributed by atoms with Gasteiger partial charge in [0.15, 0.2) is 0 Å². The number of ether oxygens (including phenoxy) is 1. The van der Waals surface area contributed by atoms with Crippen LogP contribution in [0.25, 0.3) is 0 Å². The van der Waals surface area contributed by atoms with Crippen molar-refractivity contribution in [2.75, 3.05) is 24.7 Å². The van der Waals surface area contributed by atoms with Crippen LogP contribution in [0.1, 0.15) is 24.5 Å². The van der Waals surface area contributed by atoms with Crippen molar-refractivity contribution in [2.24, 2.45) is 5.92 Å². The summed E-state index contributed by atoms with van der Waals surface area (Å²) in [5.74, 6) is 3.48. The maximum absolute atomic E-state index is 8.90. The standard InChI is InChI=1S/C15H24O2S/c1-12(10-16)11-18-8-4-7-17-15-6-5-13(2)14(3)9-15/h5-6,9,12,16H,4,7-8,10-11H2,1-3H3. The molecule has 1 aromatic carbocycles. The molecule has 0 fully saturated rings. The molecule has 0 amide bonds. The molecule has 0 spiro atoms. The largest absolute Gasteiger partial charge is 0.494 e. The van der Waals surface area contributed by atoms with Gasteiger partial charge in [-0.15, -0.1) is 0 Å². The normalized spacial score (nSPS) is 12.4. The SMILES string of the molecule is Cc1ccc(OCCCSCC(C)CO)cc1C. The maximum Gasteiger partial charge on any atom is 0.119 e. The number of rotatable bonds is 8. The molecule has 0 saturated heterocycles. The van der Waals surface area contributed by atoms with Crippen molar-refractivity contribution in [3.05, 3.63) is 29.3 Å². The smallest absolute Gasteiger partial charge is 0.119 e. The molecule has 1 atom stereocenters. The van der Waals surface area contributed by atoms with Gasteiger partial charge in [-0.3, -0.25) is 0 Å². The zero-order chi connectivity index (χ0) is 13.4. The molecule has 0 radical (unpaired) electrons. The lowest BCUT2D eigenvalue weighted by atomic mass is 10.1. The molecule has 0 aliphatic carbocycles. The monoisotopic (exact) mass is 268 g/mol. The van der Waals surface area contributed by atoms with Crippen molar-refractivity contribution in [3.8, 4) is 5.75 Å². The molecule has 1 aromatic rings. The van der Waals surface area contributed by atoms with Crippen LogP contribution in [-0.4, -0.2) is 29.8 Å². The van der Waals surface area contributed by atoms with Crippen LogP contribution < -0.4 is 4.74 Å². The average molecular weight is 268 g/mol. The fourth-order valence-corrected chi connectivity index (χ4v) is 2.49. The molecule has 3 heteroatoms. The van der Waals surface area contributed by atoms with E-state index in [1.54, 1.807) is 0 Å². The molecule has 0 bridgehead atoms. The van der Waals surface area contributed by atoms with Crippen molar-refractivity contribution in [2.45, 2.75) is 27.2 Å². The molecule has 18 heavy (non-hydrogen) atoms. The minimum absolute atomic E-state index is 0.284. The quantitative estimate of drug-likeness (QED) is 0.732. The Hall–Kier alpha value is -0.670. The molecule has 0 saturated carbocycles. The molecule has 1 rings (SSSR count). The van der Waals surface area contributed by atoms with Crippen molar-refractivity contribution in [1.29, 1.82) is 0 Å². The first kappa shape index (κ1) is 15.4. The van der Waals surface area contributed by atoms with E-state index < -0.39 is 0 Å². The van der Waals surface area contributed by atoms with Gasteiger partial charge in [-0.25, -0.2) is 0 Å². The second-order valence-corrected chi connectivity index (χ2v) is 5.96. The van der Waals surface area contributed by atoms with Crippen molar-refractivity contribution in [3.63, 3.8) is 0 Å². The molecule has 1 N–H and O–H groups in total. The summed E-state index contributed by atoms with van der Waals surface area (Å²) >= 11 is 1.89. The highest BCUT2D eigenvalue weighted by Crippen LogP contribution is 2.17. The fraction of sp³-hybridized carbons (Fsp3) is 0.600. The van der Waals surface area contributed by atoms with E-state index in [2.05, 4.69) is 32.9 Å². The zero-order valence-electron chi connectivity index (χ0n) is 11.6. The van der Waals surface area contributed by atoms with E-state index in [1.165, 1.54) is 11.1 Å². The van der Waals surface area contributed by atoms with Gasteiger partial charge in [0.25, 0.3) is 0 Å². The maximum atomic E-state index is 8.90. The van der Waals surface area contributed by atoms with Crippen LogP contribution in [-0.2, 0) is 0 Å². The Labute approximate surface area is 115 Å². The van der Waals surface area contributed by atoms with Crippen LogP contribution in [0.5, 0.6) is 5.75 Å². The summed E-state index contributed by atoms with van der Waals surface area (Å²) in [6.07, 6.45) is 1.05. The van der Waals surface area contributed by atoms with Crippen LogP contribution in [0.15, 0.2) is 18.2 Å². The van der Waals surface area contributed by atoms with Crippen LogP contribution in [0.3, 0.4) is 0 Å². The molecule has 0 aromatic heterocycles. The number of hydrogen-bond acceptors (Lipinski definition) is 3. The molecule has 102 valence electrons. The van der Waals surface area contributed by atoms with E-state index in [-0.39, 0.29) is 6.61 Å². The number of benzene rings is 1. The van der Waals surface area contributed by atoms with Crippen molar-refractivity contribution >= 4 is 11.8 Å². The van der Waals surface area contributed by atoms with Gasteiger partial charge in [0.1, 0.15) is 5.75 Å². The first-order chi connectivity index (χ1) is 8.63. The first-order valence-corrected chi connectivity index (χ1v) is 7.67. The van der Waals surface area contributed by atoms with Gasteiger partial charge in [0, 0.05) is 6.61 Å². The van der Waals surface area contributed by atoms with Gasteiger partial charge >= 0.3 is 0 Å². The van der Waals surface area contributed by atoms with Crippen LogP contribution in [0, 0.1) is 19.8 Å². The Balaban J connectivity index is 2.12.